The van der Waals surface area contributed by atoms with E-state index in [4.69, 9.17) is 14.2 Å². The van der Waals surface area contributed by atoms with Crippen LogP contribution in [0.5, 0.6) is 0 Å². The Kier molecular flexibility index (Phi) is 52.6. The number of esters is 1. The number of hydrogen-bond acceptors (Lipinski definition) is 10. The van der Waals surface area contributed by atoms with Crippen molar-refractivity contribution in [2.75, 3.05) is 13.2 Å². The first-order valence-corrected chi connectivity index (χ1v) is 33.1. The van der Waals surface area contributed by atoms with E-state index >= 15 is 0 Å². The van der Waals surface area contributed by atoms with Crippen LogP contribution in [-0.2, 0) is 23.8 Å². The molecule has 0 bridgehead atoms. The Hall–Kier alpha value is -2.64. The van der Waals surface area contributed by atoms with E-state index < -0.39 is 67.4 Å². The minimum absolute atomic E-state index is 0.114. The number of carbonyl (C=O) groups excluding carboxylic acids is 2. The maximum absolute atomic E-state index is 13.5. The molecule has 1 aliphatic rings. The summed E-state index contributed by atoms with van der Waals surface area (Å²) in [6, 6.07) is -1.03. The second-order valence-electron chi connectivity index (χ2n) is 22.8. The zero-order chi connectivity index (χ0) is 57.5. The Bertz CT molecular complexity index is 1510. The topological polar surface area (TPSA) is 175 Å². The molecule has 460 valence electrons. The van der Waals surface area contributed by atoms with Gasteiger partial charge in [-0.15, -0.1) is 0 Å². The lowest BCUT2D eigenvalue weighted by Gasteiger charge is -2.41. The van der Waals surface area contributed by atoms with E-state index in [1.54, 1.807) is 6.08 Å². The van der Waals surface area contributed by atoms with Gasteiger partial charge in [0.2, 0.25) is 5.91 Å². The van der Waals surface area contributed by atoms with Gasteiger partial charge in [0, 0.05) is 6.42 Å². The van der Waals surface area contributed by atoms with Crippen LogP contribution < -0.4 is 5.32 Å². The molecule has 0 spiro atoms. The van der Waals surface area contributed by atoms with Crippen LogP contribution in [-0.4, -0.2) is 99.6 Å². The van der Waals surface area contributed by atoms with E-state index in [1.807, 2.05) is 6.08 Å². The number of nitrogens with one attached hydrogen (secondary N) is 1. The maximum atomic E-state index is 13.5. The summed E-state index contributed by atoms with van der Waals surface area (Å²) in [6.07, 6.45) is 59.8. The van der Waals surface area contributed by atoms with Crippen molar-refractivity contribution in [3.05, 3.63) is 60.8 Å². The van der Waals surface area contributed by atoms with Crippen LogP contribution in [0.2, 0.25) is 0 Å². The van der Waals surface area contributed by atoms with Crippen molar-refractivity contribution >= 4 is 11.9 Å². The summed E-state index contributed by atoms with van der Waals surface area (Å²) in [7, 11) is 0. The standard InChI is InChI=1S/C68H123NO10/c1-4-7-10-13-16-19-22-25-27-28-29-30-31-32-33-34-35-36-37-40-43-46-49-52-55-61(72)67(76)69-59(60(71)54-51-48-45-42-39-24-21-18-15-12-9-6-3)58-77-68-66(65(75)64(74)62(57-70)78-68)79-63(73)56-53-50-47-44-41-38-26-23-20-17-14-11-8-5-2/h8,11,16-17,19-20,25,27,51,54,59-62,64-66,68,70-72,74-75H,4-7,9-10,12-15,18,21-24,26,28-50,52-53,55-58H2,1-3H3,(H,69,76)/b11-8+,19-16-,20-17+,27-25-,54-51+. The molecule has 6 N–H and O–H groups in total. The molecule has 11 heteroatoms. The smallest absolute Gasteiger partial charge is 0.306 e. The third kappa shape index (κ3) is 43.7. The van der Waals surface area contributed by atoms with Crippen LogP contribution in [0.1, 0.15) is 297 Å². The molecule has 0 aromatic heterocycles. The number of ether oxygens (including phenoxy) is 3. The van der Waals surface area contributed by atoms with E-state index in [0.717, 1.165) is 89.9 Å². The molecule has 1 saturated heterocycles. The lowest BCUT2D eigenvalue weighted by atomic mass is 9.99. The zero-order valence-corrected chi connectivity index (χ0v) is 51.0. The van der Waals surface area contributed by atoms with Crippen LogP contribution in [0.15, 0.2) is 60.8 Å². The summed E-state index contributed by atoms with van der Waals surface area (Å²) >= 11 is 0. The van der Waals surface area contributed by atoms with Gasteiger partial charge in [-0.3, -0.25) is 9.59 Å². The van der Waals surface area contributed by atoms with Crippen molar-refractivity contribution < 1.29 is 49.3 Å². The Morgan fingerprint density at radius 1 is 0.506 bits per heavy atom. The molecular formula is C68H123NO10. The van der Waals surface area contributed by atoms with Gasteiger partial charge in [-0.1, -0.05) is 268 Å². The molecule has 0 aromatic carbocycles. The van der Waals surface area contributed by atoms with E-state index in [-0.39, 0.29) is 13.0 Å². The van der Waals surface area contributed by atoms with Gasteiger partial charge < -0.3 is 45.1 Å². The molecule has 1 aliphatic heterocycles. The van der Waals surface area contributed by atoms with Crippen molar-refractivity contribution in [3.63, 3.8) is 0 Å². The van der Waals surface area contributed by atoms with E-state index in [9.17, 15) is 35.1 Å². The first kappa shape index (κ1) is 74.4. The van der Waals surface area contributed by atoms with Gasteiger partial charge in [0.05, 0.1) is 25.4 Å². The normalized spacial score (nSPS) is 19.2. The lowest BCUT2D eigenvalue weighted by molar-refractivity contribution is -0.305. The molecule has 79 heavy (non-hydrogen) atoms. The van der Waals surface area contributed by atoms with E-state index in [2.05, 4.69) is 74.7 Å². The molecule has 0 aliphatic carbocycles. The van der Waals surface area contributed by atoms with Crippen molar-refractivity contribution in [2.24, 2.45) is 0 Å². The number of unbranched alkanes of at least 4 members (excludes halogenated alkanes) is 34. The highest BCUT2D eigenvalue weighted by molar-refractivity contribution is 5.80. The summed E-state index contributed by atoms with van der Waals surface area (Å²) in [5.74, 6) is -1.20. The fourth-order valence-electron chi connectivity index (χ4n) is 10.2. The van der Waals surface area contributed by atoms with Crippen LogP contribution >= 0.6 is 0 Å². The summed E-state index contributed by atoms with van der Waals surface area (Å²) in [4.78, 5) is 26.6. The molecule has 1 amide bonds. The van der Waals surface area contributed by atoms with Crippen LogP contribution in [0, 0.1) is 0 Å². The quantitative estimate of drug-likeness (QED) is 0.0195. The molecule has 8 atom stereocenters. The number of amides is 1. The number of aliphatic hydroxyl groups excluding tert-OH is 5. The minimum Gasteiger partial charge on any atom is -0.454 e. The fraction of sp³-hybridized carbons (Fsp3) is 0.824. The van der Waals surface area contributed by atoms with Crippen LogP contribution in [0.25, 0.3) is 0 Å². The number of carbonyl (C=O) groups is 2. The van der Waals surface area contributed by atoms with Gasteiger partial charge >= 0.3 is 5.97 Å². The van der Waals surface area contributed by atoms with Crippen LogP contribution in [0.4, 0.5) is 0 Å². The maximum Gasteiger partial charge on any atom is 0.306 e. The molecule has 1 rings (SSSR count). The predicted octanol–water partition coefficient (Wildman–Crippen LogP) is 16.2. The van der Waals surface area contributed by atoms with Crippen molar-refractivity contribution in [1.82, 2.24) is 5.32 Å². The molecule has 0 radical (unpaired) electrons. The molecule has 0 aromatic rings. The van der Waals surface area contributed by atoms with Crippen LogP contribution in [0.3, 0.4) is 0 Å². The third-order valence-electron chi connectivity index (χ3n) is 15.4. The minimum atomic E-state index is -1.62. The second-order valence-corrected chi connectivity index (χ2v) is 22.8. The predicted molar refractivity (Wildman–Crippen MR) is 329 cm³/mol. The zero-order valence-electron chi connectivity index (χ0n) is 51.0. The summed E-state index contributed by atoms with van der Waals surface area (Å²) in [5, 5.41) is 57.1. The van der Waals surface area contributed by atoms with Crippen molar-refractivity contribution in [2.45, 2.75) is 346 Å². The number of aliphatic hydroxyl groups is 5. The lowest BCUT2D eigenvalue weighted by Crippen LogP contribution is -2.61. The first-order chi connectivity index (χ1) is 38.7. The summed E-state index contributed by atoms with van der Waals surface area (Å²) in [5.41, 5.74) is 0. The Labute approximate surface area is 484 Å². The largest absolute Gasteiger partial charge is 0.454 e. The Balaban J connectivity index is 2.59. The Morgan fingerprint density at radius 2 is 0.911 bits per heavy atom. The number of allylic oxidation sites excluding steroid dienone is 9. The average molecular weight is 1110 g/mol. The van der Waals surface area contributed by atoms with E-state index in [1.165, 1.54) is 161 Å². The van der Waals surface area contributed by atoms with Gasteiger partial charge in [-0.25, -0.2) is 0 Å². The fourth-order valence-corrected chi connectivity index (χ4v) is 10.2. The molecule has 1 fully saturated rings. The van der Waals surface area contributed by atoms with Crippen molar-refractivity contribution in [3.8, 4) is 0 Å². The molecular weight excluding hydrogens is 991 g/mol. The molecule has 8 unspecified atom stereocenters. The van der Waals surface area contributed by atoms with Gasteiger partial charge in [0.1, 0.15) is 24.4 Å². The number of hydrogen-bond donors (Lipinski definition) is 6. The molecule has 11 nitrogen and oxygen atoms in total. The van der Waals surface area contributed by atoms with Gasteiger partial charge in [0.25, 0.3) is 0 Å². The molecule has 1 heterocycles. The average Bonchev–Trinajstić information content (AvgIpc) is 3.49. The molecule has 0 saturated carbocycles. The summed E-state index contributed by atoms with van der Waals surface area (Å²) < 4.78 is 17.6. The number of rotatable bonds is 56. The van der Waals surface area contributed by atoms with Gasteiger partial charge in [0.15, 0.2) is 12.4 Å². The second kappa shape index (κ2) is 55.9. The van der Waals surface area contributed by atoms with Crippen molar-refractivity contribution in [1.29, 1.82) is 0 Å². The first-order valence-electron chi connectivity index (χ1n) is 33.1. The highest BCUT2D eigenvalue weighted by atomic mass is 16.7. The highest BCUT2D eigenvalue weighted by Crippen LogP contribution is 2.26. The van der Waals surface area contributed by atoms with Gasteiger partial charge in [-0.05, 0) is 83.5 Å². The SMILES string of the molecule is CC/C=C/C/C=C/CCCCCCCCCC(=O)OC1C(OCC(NC(=O)C(O)CCCCCCCCCCCCCCCC/C=C\C/C=C\CCCCC)C(O)/C=C/CCCCCCCCCCCC)OC(CO)C(O)C1O. The van der Waals surface area contributed by atoms with Gasteiger partial charge in [-0.2, -0.15) is 0 Å². The third-order valence-corrected chi connectivity index (χ3v) is 15.4. The van der Waals surface area contributed by atoms with E-state index in [0.29, 0.717) is 19.3 Å². The summed E-state index contributed by atoms with van der Waals surface area (Å²) in [6.45, 7) is 5.67. The monoisotopic (exact) mass is 1110 g/mol. The highest BCUT2D eigenvalue weighted by Gasteiger charge is 2.47. The Morgan fingerprint density at radius 3 is 1.38 bits per heavy atom.